The highest BCUT2D eigenvalue weighted by Crippen LogP contribution is 2.36. The van der Waals surface area contributed by atoms with Gasteiger partial charge in [-0.1, -0.05) is 41.9 Å². The van der Waals surface area contributed by atoms with Gasteiger partial charge in [0.2, 0.25) is 5.15 Å². The van der Waals surface area contributed by atoms with Gasteiger partial charge in [-0.3, -0.25) is 10.1 Å². The van der Waals surface area contributed by atoms with Crippen molar-refractivity contribution in [3.63, 3.8) is 0 Å². The van der Waals surface area contributed by atoms with E-state index in [2.05, 4.69) is 26.2 Å². The van der Waals surface area contributed by atoms with E-state index in [4.69, 9.17) is 11.6 Å². The normalized spacial score (nSPS) is 10.2. The quantitative estimate of drug-likeness (QED) is 0.518. The molecular weight excluding hydrogens is 334 g/mol. The molecule has 0 saturated heterocycles. The summed E-state index contributed by atoms with van der Waals surface area (Å²) in [5, 5.41) is 13.9. The molecule has 0 saturated carbocycles. The summed E-state index contributed by atoms with van der Waals surface area (Å²) in [6, 6.07) is 9.57. The van der Waals surface area contributed by atoms with Crippen molar-refractivity contribution < 1.29 is 4.92 Å². The smallest absolute Gasteiger partial charge is 0.330 e. The molecule has 19 heavy (non-hydrogen) atoms. The molecule has 5 nitrogen and oxygen atoms in total. The number of nitrogens with one attached hydrogen (secondary N) is 1. The van der Waals surface area contributed by atoms with Crippen molar-refractivity contribution in [3.8, 4) is 0 Å². The van der Waals surface area contributed by atoms with E-state index in [1.165, 1.54) is 6.20 Å². The third-order valence-corrected chi connectivity index (χ3v) is 3.33. The molecule has 1 N–H and O–H groups in total. The van der Waals surface area contributed by atoms with Gasteiger partial charge in [0.15, 0.2) is 0 Å². The molecule has 1 heterocycles. The van der Waals surface area contributed by atoms with Gasteiger partial charge >= 0.3 is 5.69 Å². The van der Waals surface area contributed by atoms with E-state index >= 15 is 0 Å². The van der Waals surface area contributed by atoms with E-state index in [-0.39, 0.29) is 10.8 Å². The Labute approximate surface area is 122 Å². The number of hydrogen-bond acceptors (Lipinski definition) is 4. The second-order valence-electron chi connectivity index (χ2n) is 3.72. The molecule has 0 bridgehead atoms. The van der Waals surface area contributed by atoms with Gasteiger partial charge in [0.25, 0.3) is 0 Å². The molecule has 1 aromatic heterocycles. The fourth-order valence-corrected chi connectivity index (χ4v) is 2.22. The number of aromatic nitrogens is 1. The van der Waals surface area contributed by atoms with Gasteiger partial charge < -0.3 is 5.32 Å². The molecular formula is C12H9BrClN3O2. The molecule has 0 radical (unpaired) electrons. The molecule has 1 aromatic carbocycles. The van der Waals surface area contributed by atoms with Crippen molar-refractivity contribution in [2.45, 2.75) is 6.54 Å². The number of nitrogens with zero attached hydrogens (tertiary/aromatic N) is 2. The lowest BCUT2D eigenvalue weighted by molar-refractivity contribution is -0.384. The average molecular weight is 343 g/mol. The Morgan fingerprint density at radius 3 is 2.68 bits per heavy atom. The molecule has 0 spiro atoms. The highest BCUT2D eigenvalue weighted by molar-refractivity contribution is 9.10. The third-order valence-electron chi connectivity index (χ3n) is 2.46. The van der Waals surface area contributed by atoms with Crippen LogP contribution in [-0.4, -0.2) is 9.91 Å². The molecule has 98 valence electrons. The zero-order valence-corrected chi connectivity index (χ0v) is 12.0. The van der Waals surface area contributed by atoms with Crippen LogP contribution in [0.3, 0.4) is 0 Å². The second-order valence-corrected chi connectivity index (χ2v) is 4.93. The molecule has 2 aromatic rings. The lowest BCUT2D eigenvalue weighted by Gasteiger charge is -2.09. The molecule has 0 atom stereocenters. The Bertz CT molecular complexity index is 607. The van der Waals surface area contributed by atoms with Crippen LogP contribution < -0.4 is 5.32 Å². The minimum absolute atomic E-state index is 0.135. The number of rotatable bonds is 4. The van der Waals surface area contributed by atoms with Crippen molar-refractivity contribution in [1.29, 1.82) is 0 Å². The number of benzene rings is 1. The fourth-order valence-electron chi connectivity index (χ4n) is 1.58. The maximum absolute atomic E-state index is 11.0. The summed E-state index contributed by atoms with van der Waals surface area (Å²) in [4.78, 5) is 14.2. The number of halogens is 2. The summed E-state index contributed by atoms with van der Waals surface area (Å²) >= 11 is 9.00. The van der Waals surface area contributed by atoms with E-state index in [0.717, 1.165) is 5.56 Å². The summed E-state index contributed by atoms with van der Waals surface area (Å²) in [6.45, 7) is 0.459. The first-order valence-electron chi connectivity index (χ1n) is 5.35. The summed E-state index contributed by atoms with van der Waals surface area (Å²) in [7, 11) is 0. The van der Waals surface area contributed by atoms with Crippen molar-refractivity contribution in [1.82, 2.24) is 4.98 Å². The molecule has 0 amide bonds. The van der Waals surface area contributed by atoms with Gasteiger partial charge in [-0.2, -0.15) is 0 Å². The van der Waals surface area contributed by atoms with Crippen LogP contribution in [0.5, 0.6) is 0 Å². The van der Waals surface area contributed by atoms with Crippen LogP contribution in [0, 0.1) is 10.1 Å². The summed E-state index contributed by atoms with van der Waals surface area (Å²) in [5.74, 6) is 0. The van der Waals surface area contributed by atoms with Crippen molar-refractivity contribution >= 4 is 38.9 Å². The van der Waals surface area contributed by atoms with Crippen LogP contribution in [0.2, 0.25) is 5.15 Å². The van der Waals surface area contributed by atoms with Crippen LogP contribution in [0.4, 0.5) is 11.4 Å². The highest BCUT2D eigenvalue weighted by Gasteiger charge is 2.22. The Morgan fingerprint density at radius 1 is 1.37 bits per heavy atom. The largest absolute Gasteiger partial charge is 0.374 e. The maximum Gasteiger partial charge on any atom is 0.330 e. The van der Waals surface area contributed by atoms with E-state index in [1.54, 1.807) is 0 Å². The molecule has 7 heteroatoms. The van der Waals surface area contributed by atoms with Crippen LogP contribution in [0.1, 0.15) is 5.56 Å². The molecule has 0 aliphatic rings. The van der Waals surface area contributed by atoms with E-state index in [1.807, 2.05) is 30.3 Å². The first-order valence-corrected chi connectivity index (χ1v) is 6.53. The first kappa shape index (κ1) is 13.8. The Morgan fingerprint density at radius 2 is 2.05 bits per heavy atom. The maximum atomic E-state index is 11.0. The molecule has 0 aliphatic carbocycles. The first-order chi connectivity index (χ1) is 9.09. The number of hydrogen-bond donors (Lipinski definition) is 1. The number of nitro groups is 1. The zero-order chi connectivity index (χ0) is 13.8. The van der Waals surface area contributed by atoms with E-state index in [9.17, 15) is 10.1 Å². The average Bonchev–Trinajstić information content (AvgIpc) is 2.40. The van der Waals surface area contributed by atoms with E-state index < -0.39 is 4.92 Å². The number of pyridine rings is 1. The van der Waals surface area contributed by atoms with E-state index in [0.29, 0.717) is 16.7 Å². The van der Waals surface area contributed by atoms with Crippen molar-refractivity contribution in [2.75, 3.05) is 5.32 Å². The van der Waals surface area contributed by atoms with Gasteiger partial charge in [-0.05, 0) is 21.5 Å². The molecule has 2 rings (SSSR count). The minimum atomic E-state index is -0.548. The van der Waals surface area contributed by atoms with Gasteiger partial charge in [-0.25, -0.2) is 4.98 Å². The molecule has 0 aliphatic heterocycles. The minimum Gasteiger partial charge on any atom is -0.374 e. The van der Waals surface area contributed by atoms with Crippen LogP contribution in [-0.2, 0) is 6.54 Å². The van der Waals surface area contributed by atoms with Gasteiger partial charge in [-0.15, -0.1) is 0 Å². The van der Waals surface area contributed by atoms with Gasteiger partial charge in [0.05, 0.1) is 9.40 Å². The predicted octanol–water partition coefficient (Wildman–Crippen LogP) is 4.02. The predicted molar refractivity (Wildman–Crippen MR) is 77.4 cm³/mol. The van der Waals surface area contributed by atoms with Crippen molar-refractivity contribution in [3.05, 3.63) is 61.8 Å². The monoisotopic (exact) mass is 341 g/mol. The summed E-state index contributed by atoms with van der Waals surface area (Å²) < 4.78 is 0.500. The standard InChI is InChI=1S/C12H9BrClN3O2/c13-9-7-16-12(14)11(17(18)19)10(9)15-6-8-4-2-1-3-5-8/h1-5,7H,6H2,(H,15,16). The Hall–Kier alpha value is -1.66. The van der Waals surface area contributed by atoms with Crippen LogP contribution in [0.15, 0.2) is 41.0 Å². The Kier molecular flexibility index (Phi) is 4.34. The topological polar surface area (TPSA) is 68.1 Å². The van der Waals surface area contributed by atoms with Gasteiger partial charge in [0.1, 0.15) is 5.69 Å². The van der Waals surface area contributed by atoms with Crippen LogP contribution >= 0.6 is 27.5 Å². The second kappa shape index (κ2) is 5.99. The van der Waals surface area contributed by atoms with Crippen LogP contribution in [0.25, 0.3) is 0 Å². The SMILES string of the molecule is O=[N+]([O-])c1c(Cl)ncc(Br)c1NCc1ccccc1. The Balaban J connectivity index is 2.29. The molecule has 0 fully saturated rings. The lowest BCUT2D eigenvalue weighted by atomic mass is 10.2. The number of anilines is 1. The summed E-state index contributed by atoms with van der Waals surface area (Å²) in [5.41, 5.74) is 1.11. The lowest BCUT2D eigenvalue weighted by Crippen LogP contribution is -2.04. The third kappa shape index (κ3) is 3.21. The van der Waals surface area contributed by atoms with Gasteiger partial charge in [0, 0.05) is 12.7 Å². The molecule has 0 unspecified atom stereocenters. The highest BCUT2D eigenvalue weighted by atomic mass is 79.9. The zero-order valence-electron chi connectivity index (χ0n) is 9.64. The van der Waals surface area contributed by atoms with Crippen molar-refractivity contribution in [2.24, 2.45) is 0 Å². The summed E-state index contributed by atoms with van der Waals surface area (Å²) in [6.07, 6.45) is 1.43. The fraction of sp³-hybridized carbons (Fsp3) is 0.0833.